The molecule has 0 spiro atoms. The number of nitrogens with one attached hydrogen (secondary N) is 1. The molecule has 0 bridgehead atoms. The molecule has 220 valence electrons. The number of fused-ring (bicyclic) bond motifs is 1. The van der Waals surface area contributed by atoms with Crippen molar-refractivity contribution in [3.8, 4) is 11.5 Å². The minimum absolute atomic E-state index is 0.00921. The van der Waals surface area contributed by atoms with Crippen LogP contribution in [0.1, 0.15) is 68.8 Å². The second kappa shape index (κ2) is 12.0. The molecule has 4 rings (SSSR count). The van der Waals surface area contributed by atoms with Gasteiger partial charge in [-0.05, 0) is 52.7 Å². The Hall–Kier alpha value is -3.35. The van der Waals surface area contributed by atoms with Gasteiger partial charge >= 0.3 is 17.7 Å². The van der Waals surface area contributed by atoms with Crippen molar-refractivity contribution in [1.82, 2.24) is 5.32 Å². The number of esters is 1. The number of aliphatic hydroxyl groups is 1. The van der Waals surface area contributed by atoms with Gasteiger partial charge in [0.05, 0.1) is 17.6 Å². The molecule has 40 heavy (non-hydrogen) atoms. The molecule has 1 amide bonds. The number of aromatic hydroxyl groups is 1. The number of carbonyl (C=O) groups is 2. The van der Waals surface area contributed by atoms with Gasteiger partial charge in [0.25, 0.3) is 0 Å². The molecule has 1 aliphatic heterocycles. The Morgan fingerprint density at radius 2 is 1.88 bits per heavy atom. The van der Waals surface area contributed by atoms with Gasteiger partial charge in [0.15, 0.2) is 17.8 Å². The van der Waals surface area contributed by atoms with E-state index in [9.17, 15) is 24.6 Å². The largest absolute Gasteiger partial charge is 0.506 e. The lowest BCUT2D eigenvalue weighted by Crippen LogP contribution is -2.65. The van der Waals surface area contributed by atoms with Crippen molar-refractivity contribution in [3.05, 3.63) is 33.7 Å². The monoisotopic (exact) mass is 563 g/mol. The number of alkyl carbamates (subject to hydrolysis) is 1. The lowest BCUT2D eigenvalue weighted by atomic mass is 9.89. The summed E-state index contributed by atoms with van der Waals surface area (Å²) in [6.45, 7) is 6.61. The van der Waals surface area contributed by atoms with Crippen LogP contribution in [-0.4, -0.2) is 72.2 Å². The highest BCUT2D eigenvalue weighted by Gasteiger charge is 2.53. The Bertz CT molecular complexity index is 1300. The average molecular weight is 564 g/mol. The van der Waals surface area contributed by atoms with E-state index in [1.807, 2.05) is 0 Å². The van der Waals surface area contributed by atoms with Crippen molar-refractivity contribution < 1.29 is 47.9 Å². The fourth-order valence-electron chi connectivity index (χ4n) is 5.38. The third kappa shape index (κ3) is 5.89. The summed E-state index contributed by atoms with van der Waals surface area (Å²) < 4.78 is 33.5. The number of aliphatic hydroxyl groups excluding tert-OH is 1. The highest BCUT2D eigenvalue weighted by molar-refractivity contribution is 5.99. The van der Waals surface area contributed by atoms with E-state index in [0.717, 1.165) is 32.1 Å². The summed E-state index contributed by atoms with van der Waals surface area (Å²) in [5, 5.41) is 24.8. The number of rotatable bonds is 7. The van der Waals surface area contributed by atoms with Crippen LogP contribution < -0.4 is 15.7 Å². The van der Waals surface area contributed by atoms with Crippen molar-refractivity contribution in [1.29, 1.82) is 0 Å². The summed E-state index contributed by atoms with van der Waals surface area (Å²) >= 11 is 0. The minimum atomic E-state index is -1.45. The van der Waals surface area contributed by atoms with Gasteiger partial charge in [-0.2, -0.15) is 0 Å². The van der Waals surface area contributed by atoms with E-state index in [-0.39, 0.29) is 29.4 Å². The van der Waals surface area contributed by atoms with Crippen LogP contribution in [0.3, 0.4) is 0 Å². The van der Waals surface area contributed by atoms with Gasteiger partial charge in [-0.15, -0.1) is 0 Å². The van der Waals surface area contributed by atoms with Crippen LogP contribution in [0.15, 0.2) is 21.3 Å². The first kappa shape index (κ1) is 29.6. The molecule has 1 aromatic carbocycles. The predicted molar refractivity (Wildman–Crippen MR) is 142 cm³/mol. The summed E-state index contributed by atoms with van der Waals surface area (Å²) in [5.41, 5.74) is -2.44. The number of hydrogen-bond acceptors (Lipinski definition) is 11. The van der Waals surface area contributed by atoms with E-state index in [1.165, 1.54) is 19.2 Å². The van der Waals surface area contributed by atoms with Crippen molar-refractivity contribution in [3.63, 3.8) is 0 Å². The van der Waals surface area contributed by atoms with Crippen LogP contribution >= 0.6 is 0 Å². The van der Waals surface area contributed by atoms with E-state index in [4.69, 9.17) is 28.1 Å². The van der Waals surface area contributed by atoms with E-state index in [0.29, 0.717) is 5.56 Å². The molecule has 4 atom stereocenters. The van der Waals surface area contributed by atoms with E-state index in [2.05, 4.69) is 5.32 Å². The standard InChI is InChI=1S/C28H37NO11/c1-6-36-24(32)18-19(30)16-12-13-17(14(2)21(16)38-25(18)33)37-26-20(31)22(23(35-5)28(3,4)40-26)39-27(34)29-15-10-8-7-9-11-15/h12-13,15,20,22-23,26,30-31H,6-11H2,1-5H3,(H,29,34)/t20-,22+,23-,26-/m1/s1. The van der Waals surface area contributed by atoms with Crippen molar-refractivity contribution in [2.24, 2.45) is 0 Å². The third-order valence-corrected chi connectivity index (χ3v) is 7.41. The third-order valence-electron chi connectivity index (χ3n) is 7.41. The van der Waals surface area contributed by atoms with Gasteiger partial charge in [0, 0.05) is 18.7 Å². The summed E-state index contributed by atoms with van der Waals surface area (Å²) in [6.07, 6.45) is -0.426. The van der Waals surface area contributed by atoms with Gasteiger partial charge < -0.3 is 43.6 Å². The summed E-state index contributed by atoms with van der Waals surface area (Å²) in [4.78, 5) is 37.4. The van der Waals surface area contributed by atoms with Crippen molar-refractivity contribution in [2.75, 3.05) is 13.7 Å². The first-order valence-electron chi connectivity index (χ1n) is 13.5. The molecule has 12 heteroatoms. The van der Waals surface area contributed by atoms with Crippen LogP contribution in [-0.2, 0) is 18.9 Å². The fraction of sp³-hybridized carbons (Fsp3) is 0.607. The van der Waals surface area contributed by atoms with Gasteiger partial charge in [-0.25, -0.2) is 14.4 Å². The van der Waals surface area contributed by atoms with E-state index in [1.54, 1.807) is 27.7 Å². The highest BCUT2D eigenvalue weighted by atomic mass is 16.7. The molecule has 2 fully saturated rings. The summed E-state index contributed by atoms with van der Waals surface area (Å²) in [5.74, 6) is -1.41. The van der Waals surface area contributed by atoms with Gasteiger partial charge in [0.1, 0.15) is 23.2 Å². The van der Waals surface area contributed by atoms with Crippen LogP contribution in [0, 0.1) is 6.92 Å². The Labute approximate surface area is 231 Å². The maximum Gasteiger partial charge on any atom is 0.407 e. The molecule has 0 unspecified atom stereocenters. The number of amides is 1. The zero-order chi connectivity index (χ0) is 29.2. The normalized spacial score (nSPS) is 24.9. The number of benzene rings is 1. The number of methoxy groups -OCH3 is 1. The Morgan fingerprint density at radius 3 is 2.52 bits per heavy atom. The molecular formula is C28H37NO11. The van der Waals surface area contributed by atoms with Crippen LogP contribution in [0.4, 0.5) is 4.79 Å². The lowest BCUT2D eigenvalue weighted by molar-refractivity contribution is -0.305. The molecular weight excluding hydrogens is 526 g/mol. The maximum absolute atomic E-state index is 12.8. The molecule has 12 nitrogen and oxygen atoms in total. The summed E-state index contributed by atoms with van der Waals surface area (Å²) in [7, 11) is 1.44. The fourth-order valence-corrected chi connectivity index (χ4v) is 5.38. The second-order valence-corrected chi connectivity index (χ2v) is 10.6. The van der Waals surface area contributed by atoms with Gasteiger partial charge in [-0.1, -0.05) is 19.3 Å². The van der Waals surface area contributed by atoms with Gasteiger partial charge in [-0.3, -0.25) is 0 Å². The SMILES string of the molecule is CCOC(=O)c1c(O)c2ccc(O[C@@H]3OC(C)(C)[C@H](OC)[C@@H](OC(=O)NC4CCCCC4)[C@H]3O)c(C)c2oc1=O. The number of carbonyl (C=O) groups excluding carboxylic acids is 2. The molecule has 3 N–H and O–H groups in total. The van der Waals surface area contributed by atoms with Crippen molar-refractivity contribution >= 4 is 23.0 Å². The molecule has 0 radical (unpaired) electrons. The number of hydrogen-bond donors (Lipinski definition) is 3. The minimum Gasteiger partial charge on any atom is -0.506 e. The highest BCUT2D eigenvalue weighted by Crippen LogP contribution is 2.37. The zero-order valence-corrected chi connectivity index (χ0v) is 23.4. The van der Waals surface area contributed by atoms with Crippen molar-refractivity contribution in [2.45, 2.75) is 96.0 Å². The summed E-state index contributed by atoms with van der Waals surface area (Å²) in [6, 6.07) is 2.89. The first-order valence-corrected chi connectivity index (χ1v) is 13.5. The van der Waals surface area contributed by atoms with Crippen LogP contribution in [0.25, 0.3) is 11.0 Å². The number of ether oxygens (including phenoxy) is 5. The molecule has 2 heterocycles. The number of aryl methyl sites for hydroxylation is 1. The molecule has 1 aliphatic carbocycles. The quantitative estimate of drug-likeness (QED) is 0.335. The van der Waals surface area contributed by atoms with Crippen LogP contribution in [0.2, 0.25) is 0 Å². The Kier molecular flexibility index (Phi) is 8.91. The van der Waals surface area contributed by atoms with E-state index < -0.39 is 59.2 Å². The topological polar surface area (TPSA) is 163 Å². The molecule has 1 saturated heterocycles. The average Bonchev–Trinajstić information content (AvgIpc) is 2.89. The van der Waals surface area contributed by atoms with Crippen LogP contribution in [0.5, 0.6) is 11.5 Å². The second-order valence-electron chi connectivity index (χ2n) is 10.6. The molecule has 1 saturated carbocycles. The Morgan fingerprint density at radius 1 is 1.18 bits per heavy atom. The predicted octanol–water partition coefficient (Wildman–Crippen LogP) is 3.30. The molecule has 2 aliphatic rings. The van der Waals surface area contributed by atoms with E-state index >= 15 is 0 Å². The molecule has 2 aromatic rings. The zero-order valence-electron chi connectivity index (χ0n) is 23.4. The maximum atomic E-state index is 12.8. The Balaban J connectivity index is 1.60. The molecule has 1 aromatic heterocycles. The lowest BCUT2D eigenvalue weighted by Gasteiger charge is -2.47. The smallest absolute Gasteiger partial charge is 0.407 e. The first-order chi connectivity index (χ1) is 19.0. The van der Waals surface area contributed by atoms with Gasteiger partial charge in [0.2, 0.25) is 6.29 Å².